The molecule has 0 radical (unpaired) electrons. The molecule has 3 N–H and O–H groups in total. The van der Waals surface area contributed by atoms with Gasteiger partial charge in [-0.1, -0.05) is 27.7 Å². The summed E-state index contributed by atoms with van der Waals surface area (Å²) in [4.78, 5) is 4.25. The molecule has 0 aromatic carbocycles. The third-order valence-electron chi connectivity index (χ3n) is 1.85. The monoisotopic (exact) mass is 373 g/mol. The first-order valence-corrected chi connectivity index (χ1v) is 7.29. The van der Waals surface area contributed by atoms with Crippen LogP contribution in [0.25, 0.3) is 0 Å². The molecule has 5 heteroatoms. The maximum atomic E-state index is 5.72. The highest BCUT2D eigenvalue weighted by atomic mass is 127. The summed E-state index contributed by atoms with van der Waals surface area (Å²) in [5.41, 5.74) is 5.72. The van der Waals surface area contributed by atoms with E-state index in [9.17, 15) is 0 Å². The fourth-order valence-electron chi connectivity index (χ4n) is 1.05. The Morgan fingerprint density at radius 1 is 1.24 bits per heavy atom. The number of rotatable bonds is 8. The number of thioether (sulfide) groups is 1. The Morgan fingerprint density at radius 3 is 2.41 bits per heavy atom. The highest BCUT2D eigenvalue weighted by molar-refractivity contribution is 14.0. The van der Waals surface area contributed by atoms with Crippen molar-refractivity contribution >= 4 is 41.7 Å². The van der Waals surface area contributed by atoms with E-state index in [1.54, 1.807) is 0 Å². The van der Waals surface area contributed by atoms with E-state index >= 15 is 0 Å². The standard InChI is InChI=1S/C12H27N3S.HI/c1-10(2)8-15-12(13)14-6-5-7-16-9-11(3)4;/h10-11H,5-9H2,1-4H3,(H3,13,14,15);1H. The fourth-order valence-corrected chi connectivity index (χ4v) is 2.03. The fraction of sp³-hybridized carbons (Fsp3) is 0.917. The zero-order chi connectivity index (χ0) is 12.4. The number of nitrogens with two attached hydrogens (primary N) is 1. The maximum absolute atomic E-state index is 5.72. The van der Waals surface area contributed by atoms with Gasteiger partial charge in [0.15, 0.2) is 5.96 Å². The Balaban J connectivity index is 0. The number of hydrogen-bond acceptors (Lipinski definition) is 2. The molecule has 0 atom stereocenters. The molecule has 0 unspecified atom stereocenters. The minimum Gasteiger partial charge on any atom is -0.370 e. The highest BCUT2D eigenvalue weighted by Crippen LogP contribution is 2.07. The quantitative estimate of drug-likeness (QED) is 0.298. The summed E-state index contributed by atoms with van der Waals surface area (Å²) in [5, 5.41) is 3.14. The maximum Gasteiger partial charge on any atom is 0.188 e. The summed E-state index contributed by atoms with van der Waals surface area (Å²) >= 11 is 2.01. The molecule has 0 aliphatic carbocycles. The topological polar surface area (TPSA) is 50.4 Å². The van der Waals surface area contributed by atoms with Crippen LogP contribution in [0.3, 0.4) is 0 Å². The lowest BCUT2D eigenvalue weighted by atomic mass is 10.2. The largest absolute Gasteiger partial charge is 0.370 e. The van der Waals surface area contributed by atoms with Crippen LogP contribution >= 0.6 is 35.7 Å². The molecule has 0 saturated heterocycles. The second kappa shape index (κ2) is 12.8. The van der Waals surface area contributed by atoms with E-state index in [1.807, 2.05) is 11.8 Å². The van der Waals surface area contributed by atoms with E-state index in [0.717, 1.165) is 25.4 Å². The van der Waals surface area contributed by atoms with Crippen molar-refractivity contribution in [3.8, 4) is 0 Å². The van der Waals surface area contributed by atoms with Crippen molar-refractivity contribution in [2.24, 2.45) is 22.6 Å². The molecule has 0 spiro atoms. The van der Waals surface area contributed by atoms with Gasteiger partial charge in [-0.25, -0.2) is 0 Å². The Morgan fingerprint density at radius 2 is 1.88 bits per heavy atom. The molecule has 0 heterocycles. The number of nitrogens with zero attached hydrogens (tertiary/aromatic N) is 1. The van der Waals surface area contributed by atoms with Gasteiger partial charge in [-0.05, 0) is 29.8 Å². The Hall–Kier alpha value is 0.350. The predicted octanol–water partition coefficient (Wildman–Crippen LogP) is 2.94. The van der Waals surface area contributed by atoms with Gasteiger partial charge in [-0.3, -0.25) is 4.99 Å². The molecule has 0 saturated carbocycles. The lowest BCUT2D eigenvalue weighted by Gasteiger charge is -2.07. The SMILES string of the molecule is CC(C)CN=C(N)NCCCSCC(C)C.I. The third kappa shape index (κ3) is 16.4. The van der Waals surface area contributed by atoms with Crippen LogP contribution in [0.1, 0.15) is 34.1 Å². The molecule has 0 aromatic heterocycles. The van der Waals surface area contributed by atoms with E-state index in [4.69, 9.17) is 5.73 Å². The van der Waals surface area contributed by atoms with Gasteiger partial charge in [-0.2, -0.15) is 11.8 Å². The lowest BCUT2D eigenvalue weighted by molar-refractivity contribution is 0.661. The van der Waals surface area contributed by atoms with Crippen LogP contribution in [0.2, 0.25) is 0 Å². The first-order valence-electron chi connectivity index (χ1n) is 6.14. The molecule has 0 aliphatic rings. The van der Waals surface area contributed by atoms with Crippen LogP contribution in [0.5, 0.6) is 0 Å². The average molecular weight is 373 g/mol. The summed E-state index contributed by atoms with van der Waals surface area (Å²) in [6.45, 7) is 10.5. The van der Waals surface area contributed by atoms with Gasteiger partial charge in [-0.15, -0.1) is 24.0 Å². The molecule has 3 nitrogen and oxygen atoms in total. The van der Waals surface area contributed by atoms with Crippen molar-refractivity contribution in [2.75, 3.05) is 24.6 Å². The van der Waals surface area contributed by atoms with Crippen LogP contribution in [-0.2, 0) is 0 Å². The zero-order valence-electron chi connectivity index (χ0n) is 11.5. The molecule has 17 heavy (non-hydrogen) atoms. The van der Waals surface area contributed by atoms with E-state index < -0.39 is 0 Å². The van der Waals surface area contributed by atoms with E-state index in [2.05, 4.69) is 38.0 Å². The van der Waals surface area contributed by atoms with Gasteiger partial charge in [0.25, 0.3) is 0 Å². The summed E-state index contributed by atoms with van der Waals surface area (Å²) in [6, 6.07) is 0. The zero-order valence-corrected chi connectivity index (χ0v) is 14.7. The molecule has 0 rings (SSSR count). The molecular formula is C12H28IN3S. The van der Waals surface area contributed by atoms with Gasteiger partial charge < -0.3 is 11.1 Å². The summed E-state index contributed by atoms with van der Waals surface area (Å²) < 4.78 is 0. The van der Waals surface area contributed by atoms with Crippen molar-refractivity contribution < 1.29 is 0 Å². The number of hydrogen-bond donors (Lipinski definition) is 2. The second-order valence-corrected chi connectivity index (χ2v) is 6.02. The average Bonchev–Trinajstić information content (AvgIpc) is 2.19. The van der Waals surface area contributed by atoms with Crippen LogP contribution in [-0.4, -0.2) is 30.6 Å². The molecule has 0 bridgehead atoms. The number of nitrogens with one attached hydrogen (secondary N) is 1. The van der Waals surface area contributed by atoms with E-state index in [-0.39, 0.29) is 24.0 Å². The number of halogens is 1. The molecule has 0 fully saturated rings. The van der Waals surface area contributed by atoms with Gasteiger partial charge >= 0.3 is 0 Å². The van der Waals surface area contributed by atoms with Crippen LogP contribution < -0.4 is 11.1 Å². The summed E-state index contributed by atoms with van der Waals surface area (Å²) in [6.07, 6.45) is 1.15. The number of guanidine groups is 1. The first kappa shape index (κ1) is 19.7. The van der Waals surface area contributed by atoms with Crippen molar-refractivity contribution in [2.45, 2.75) is 34.1 Å². The van der Waals surface area contributed by atoms with Gasteiger partial charge in [0.1, 0.15) is 0 Å². The predicted molar refractivity (Wildman–Crippen MR) is 91.5 cm³/mol. The Labute approximate surface area is 128 Å². The van der Waals surface area contributed by atoms with Gasteiger partial charge in [0, 0.05) is 13.1 Å². The highest BCUT2D eigenvalue weighted by Gasteiger charge is 1.96. The molecular weight excluding hydrogens is 345 g/mol. The first-order chi connectivity index (χ1) is 7.52. The smallest absolute Gasteiger partial charge is 0.188 e. The van der Waals surface area contributed by atoms with Crippen molar-refractivity contribution in [1.82, 2.24) is 5.32 Å². The van der Waals surface area contributed by atoms with Gasteiger partial charge in [0.2, 0.25) is 0 Å². The number of aliphatic imine (C=N–C) groups is 1. The third-order valence-corrected chi connectivity index (χ3v) is 3.33. The summed E-state index contributed by atoms with van der Waals surface area (Å²) in [7, 11) is 0. The Kier molecular flexibility index (Phi) is 14.8. The van der Waals surface area contributed by atoms with Gasteiger partial charge in [0.05, 0.1) is 0 Å². The minimum atomic E-state index is 0. The molecule has 0 amide bonds. The second-order valence-electron chi connectivity index (χ2n) is 4.87. The van der Waals surface area contributed by atoms with E-state index in [1.165, 1.54) is 11.5 Å². The molecule has 104 valence electrons. The molecule has 0 aromatic rings. The van der Waals surface area contributed by atoms with Crippen molar-refractivity contribution in [3.05, 3.63) is 0 Å². The van der Waals surface area contributed by atoms with Crippen molar-refractivity contribution in [3.63, 3.8) is 0 Å². The van der Waals surface area contributed by atoms with Crippen LogP contribution in [0.4, 0.5) is 0 Å². The van der Waals surface area contributed by atoms with E-state index in [0.29, 0.717) is 11.9 Å². The normalized spacial score (nSPS) is 11.8. The van der Waals surface area contributed by atoms with Crippen LogP contribution in [0, 0.1) is 11.8 Å². The Bertz CT molecular complexity index is 196. The van der Waals surface area contributed by atoms with Crippen molar-refractivity contribution in [1.29, 1.82) is 0 Å². The minimum absolute atomic E-state index is 0. The van der Waals surface area contributed by atoms with Crippen LogP contribution in [0.15, 0.2) is 4.99 Å². The lowest BCUT2D eigenvalue weighted by Crippen LogP contribution is -2.33. The molecule has 0 aliphatic heterocycles. The summed E-state index contributed by atoms with van der Waals surface area (Å²) in [5.74, 6) is 4.39.